The SMILES string of the molecule is CCCNCc1ccc(OCCSCC)c(OC)c1. The van der Waals surface area contributed by atoms with Gasteiger partial charge in [0.15, 0.2) is 11.5 Å². The summed E-state index contributed by atoms with van der Waals surface area (Å²) in [4.78, 5) is 0. The number of benzene rings is 1. The fourth-order valence-corrected chi connectivity index (χ4v) is 2.20. The van der Waals surface area contributed by atoms with Crippen LogP contribution < -0.4 is 14.8 Å². The van der Waals surface area contributed by atoms with Gasteiger partial charge in [-0.2, -0.15) is 11.8 Å². The smallest absolute Gasteiger partial charge is 0.161 e. The topological polar surface area (TPSA) is 30.5 Å². The van der Waals surface area contributed by atoms with Crippen molar-refractivity contribution in [2.75, 3.05) is 31.8 Å². The summed E-state index contributed by atoms with van der Waals surface area (Å²) >= 11 is 1.88. The molecule has 0 amide bonds. The van der Waals surface area contributed by atoms with Crippen LogP contribution in [0.3, 0.4) is 0 Å². The van der Waals surface area contributed by atoms with E-state index in [0.717, 1.165) is 49.1 Å². The molecule has 0 heterocycles. The van der Waals surface area contributed by atoms with Crippen molar-refractivity contribution in [1.29, 1.82) is 0 Å². The van der Waals surface area contributed by atoms with Gasteiger partial charge in [-0.25, -0.2) is 0 Å². The predicted molar refractivity (Wildman–Crippen MR) is 83.5 cm³/mol. The zero-order chi connectivity index (χ0) is 13.9. The Morgan fingerprint density at radius 1 is 1.21 bits per heavy atom. The summed E-state index contributed by atoms with van der Waals surface area (Å²) in [5.74, 6) is 3.79. The van der Waals surface area contributed by atoms with Crippen LogP contribution in [0.4, 0.5) is 0 Å². The van der Waals surface area contributed by atoms with Crippen molar-refractivity contribution in [1.82, 2.24) is 5.32 Å². The van der Waals surface area contributed by atoms with Gasteiger partial charge in [0.1, 0.15) is 0 Å². The maximum Gasteiger partial charge on any atom is 0.161 e. The highest BCUT2D eigenvalue weighted by Crippen LogP contribution is 2.28. The van der Waals surface area contributed by atoms with E-state index in [9.17, 15) is 0 Å². The van der Waals surface area contributed by atoms with Crippen LogP contribution in [-0.2, 0) is 6.54 Å². The highest BCUT2D eigenvalue weighted by atomic mass is 32.2. The lowest BCUT2D eigenvalue weighted by atomic mass is 10.2. The molecule has 19 heavy (non-hydrogen) atoms. The number of ether oxygens (including phenoxy) is 2. The Morgan fingerprint density at radius 3 is 2.74 bits per heavy atom. The Kier molecular flexibility index (Phi) is 8.50. The molecule has 0 aliphatic rings. The lowest BCUT2D eigenvalue weighted by Crippen LogP contribution is -2.13. The predicted octanol–water partition coefficient (Wildman–Crippen LogP) is 3.33. The van der Waals surface area contributed by atoms with Gasteiger partial charge < -0.3 is 14.8 Å². The second-order valence-corrected chi connectivity index (χ2v) is 5.60. The third-order valence-corrected chi connectivity index (χ3v) is 3.54. The number of nitrogens with one attached hydrogen (secondary N) is 1. The Balaban J connectivity index is 2.52. The molecule has 0 spiro atoms. The van der Waals surface area contributed by atoms with Crippen molar-refractivity contribution in [3.63, 3.8) is 0 Å². The molecule has 108 valence electrons. The first-order valence-electron chi connectivity index (χ1n) is 6.90. The van der Waals surface area contributed by atoms with E-state index in [1.165, 1.54) is 5.56 Å². The van der Waals surface area contributed by atoms with E-state index in [1.54, 1.807) is 7.11 Å². The van der Waals surface area contributed by atoms with Crippen LogP contribution >= 0.6 is 11.8 Å². The molecule has 0 aromatic heterocycles. The Morgan fingerprint density at radius 2 is 2.05 bits per heavy atom. The Bertz CT molecular complexity index is 358. The summed E-state index contributed by atoms with van der Waals surface area (Å²) in [5.41, 5.74) is 1.22. The van der Waals surface area contributed by atoms with Gasteiger partial charge in [-0.1, -0.05) is 19.9 Å². The zero-order valence-electron chi connectivity index (χ0n) is 12.2. The minimum absolute atomic E-state index is 0.725. The maximum atomic E-state index is 5.74. The molecule has 0 fully saturated rings. The van der Waals surface area contributed by atoms with Crippen LogP contribution in [-0.4, -0.2) is 31.8 Å². The first kappa shape index (κ1) is 16.2. The highest BCUT2D eigenvalue weighted by molar-refractivity contribution is 7.99. The third kappa shape index (κ3) is 6.21. The first-order chi connectivity index (χ1) is 9.31. The molecule has 0 saturated carbocycles. The molecule has 0 aliphatic heterocycles. The normalized spacial score (nSPS) is 10.5. The summed E-state index contributed by atoms with van der Waals surface area (Å²) in [6.07, 6.45) is 1.15. The monoisotopic (exact) mass is 283 g/mol. The first-order valence-corrected chi connectivity index (χ1v) is 8.05. The molecule has 1 aromatic rings. The molecule has 4 heteroatoms. The third-order valence-electron chi connectivity index (χ3n) is 2.67. The maximum absolute atomic E-state index is 5.74. The van der Waals surface area contributed by atoms with Gasteiger partial charge in [-0.3, -0.25) is 0 Å². The fraction of sp³-hybridized carbons (Fsp3) is 0.600. The van der Waals surface area contributed by atoms with Crippen molar-refractivity contribution in [2.45, 2.75) is 26.8 Å². The Labute approximate surface area is 121 Å². The minimum Gasteiger partial charge on any atom is -0.493 e. The quantitative estimate of drug-likeness (QED) is 0.667. The van der Waals surface area contributed by atoms with E-state index in [1.807, 2.05) is 23.9 Å². The summed E-state index contributed by atoms with van der Waals surface area (Å²) in [6, 6.07) is 6.14. The molecule has 1 N–H and O–H groups in total. The summed E-state index contributed by atoms with van der Waals surface area (Å²) in [7, 11) is 1.69. The number of rotatable bonds is 10. The molecule has 0 atom stereocenters. The van der Waals surface area contributed by atoms with Crippen molar-refractivity contribution in [2.24, 2.45) is 0 Å². The molecule has 0 aliphatic carbocycles. The van der Waals surface area contributed by atoms with Gasteiger partial charge in [-0.15, -0.1) is 0 Å². The largest absolute Gasteiger partial charge is 0.493 e. The van der Waals surface area contributed by atoms with Crippen LogP contribution in [0.2, 0.25) is 0 Å². The van der Waals surface area contributed by atoms with E-state index in [-0.39, 0.29) is 0 Å². The van der Waals surface area contributed by atoms with Crippen LogP contribution in [0.1, 0.15) is 25.8 Å². The van der Waals surface area contributed by atoms with Gasteiger partial charge in [-0.05, 0) is 36.4 Å². The van der Waals surface area contributed by atoms with E-state index in [0.29, 0.717) is 0 Å². The lowest BCUT2D eigenvalue weighted by molar-refractivity contribution is 0.313. The number of thioether (sulfide) groups is 1. The second kappa shape index (κ2) is 9.98. The van der Waals surface area contributed by atoms with Gasteiger partial charge >= 0.3 is 0 Å². The van der Waals surface area contributed by atoms with E-state index < -0.39 is 0 Å². The van der Waals surface area contributed by atoms with Crippen LogP contribution in [0.25, 0.3) is 0 Å². The highest BCUT2D eigenvalue weighted by Gasteiger charge is 2.05. The molecule has 3 nitrogen and oxygen atoms in total. The van der Waals surface area contributed by atoms with E-state index in [2.05, 4.69) is 25.2 Å². The molecular formula is C15H25NO2S. The van der Waals surface area contributed by atoms with Crippen molar-refractivity contribution < 1.29 is 9.47 Å². The van der Waals surface area contributed by atoms with Gasteiger partial charge in [0.05, 0.1) is 13.7 Å². The van der Waals surface area contributed by atoms with Crippen molar-refractivity contribution in [3.8, 4) is 11.5 Å². The van der Waals surface area contributed by atoms with Crippen molar-refractivity contribution in [3.05, 3.63) is 23.8 Å². The van der Waals surface area contributed by atoms with Crippen LogP contribution in [0.5, 0.6) is 11.5 Å². The standard InChI is InChI=1S/C15H25NO2S/c1-4-8-16-12-13-6-7-14(15(11-13)17-3)18-9-10-19-5-2/h6-7,11,16H,4-5,8-10,12H2,1-3H3. The molecule has 0 unspecified atom stereocenters. The zero-order valence-corrected chi connectivity index (χ0v) is 13.0. The van der Waals surface area contributed by atoms with Gasteiger partial charge in [0.2, 0.25) is 0 Å². The van der Waals surface area contributed by atoms with Crippen molar-refractivity contribution >= 4 is 11.8 Å². The summed E-state index contributed by atoms with van der Waals surface area (Å²) in [6.45, 7) is 6.95. The number of methoxy groups -OCH3 is 1. The molecular weight excluding hydrogens is 258 g/mol. The molecule has 1 rings (SSSR count). The van der Waals surface area contributed by atoms with Crippen LogP contribution in [0, 0.1) is 0 Å². The molecule has 0 saturated heterocycles. The summed E-state index contributed by atoms with van der Waals surface area (Å²) < 4.78 is 11.1. The molecule has 1 aromatic carbocycles. The van der Waals surface area contributed by atoms with Gasteiger partial charge in [0, 0.05) is 12.3 Å². The fourth-order valence-electron chi connectivity index (χ4n) is 1.71. The molecule has 0 radical (unpaired) electrons. The van der Waals surface area contributed by atoms with E-state index >= 15 is 0 Å². The van der Waals surface area contributed by atoms with Crippen LogP contribution in [0.15, 0.2) is 18.2 Å². The van der Waals surface area contributed by atoms with E-state index in [4.69, 9.17) is 9.47 Å². The second-order valence-electron chi connectivity index (χ2n) is 4.21. The minimum atomic E-state index is 0.725. The Hall–Kier alpha value is -0.870. The molecule has 0 bridgehead atoms. The average Bonchev–Trinajstić information content (AvgIpc) is 2.44. The number of hydrogen-bond acceptors (Lipinski definition) is 4. The van der Waals surface area contributed by atoms with Gasteiger partial charge in [0.25, 0.3) is 0 Å². The summed E-state index contributed by atoms with van der Waals surface area (Å²) in [5, 5.41) is 3.38. The number of hydrogen-bond donors (Lipinski definition) is 1. The average molecular weight is 283 g/mol. The lowest BCUT2D eigenvalue weighted by Gasteiger charge is -2.12.